The summed E-state index contributed by atoms with van der Waals surface area (Å²) in [5, 5.41) is 0.423. The van der Waals surface area contributed by atoms with E-state index in [1.807, 2.05) is 13.8 Å². The minimum atomic E-state index is -0.306. The lowest BCUT2D eigenvalue weighted by Crippen LogP contribution is -1.95. The van der Waals surface area contributed by atoms with Crippen molar-refractivity contribution < 1.29 is 9.13 Å². The normalized spacial score (nSPS) is 10.6. The van der Waals surface area contributed by atoms with Crippen molar-refractivity contribution in [1.29, 1.82) is 0 Å². The van der Waals surface area contributed by atoms with Gasteiger partial charge in [0.2, 0.25) is 0 Å². The van der Waals surface area contributed by atoms with Crippen LogP contribution in [0.25, 0.3) is 0 Å². The van der Waals surface area contributed by atoms with E-state index in [0.717, 1.165) is 0 Å². The maximum Gasteiger partial charge on any atom is 0.131 e. The third kappa shape index (κ3) is 2.13. The van der Waals surface area contributed by atoms with E-state index in [9.17, 15) is 4.39 Å². The zero-order valence-corrected chi connectivity index (χ0v) is 8.65. The third-order valence-electron chi connectivity index (χ3n) is 1.87. The maximum absolute atomic E-state index is 13.4. The van der Waals surface area contributed by atoms with Gasteiger partial charge in [0.05, 0.1) is 12.1 Å². The van der Waals surface area contributed by atoms with Gasteiger partial charge in [0.25, 0.3) is 0 Å². The second-order valence-electron chi connectivity index (χ2n) is 3.16. The first kappa shape index (κ1) is 10.3. The van der Waals surface area contributed by atoms with Gasteiger partial charge in [0.15, 0.2) is 0 Å². The van der Waals surface area contributed by atoms with Crippen LogP contribution in [0.1, 0.15) is 25.3 Å². The Morgan fingerprint density at radius 1 is 1.38 bits per heavy atom. The highest BCUT2D eigenvalue weighted by Gasteiger charge is 2.12. The number of halogens is 2. The zero-order chi connectivity index (χ0) is 10.0. The van der Waals surface area contributed by atoms with Crippen molar-refractivity contribution in [2.45, 2.75) is 19.8 Å². The molecule has 0 fully saturated rings. The van der Waals surface area contributed by atoms with Crippen molar-refractivity contribution in [2.75, 3.05) is 7.11 Å². The summed E-state index contributed by atoms with van der Waals surface area (Å²) in [6.45, 7) is 3.80. The van der Waals surface area contributed by atoms with Crippen LogP contribution in [0, 0.1) is 5.82 Å². The second-order valence-corrected chi connectivity index (χ2v) is 3.57. The van der Waals surface area contributed by atoms with Crippen LogP contribution < -0.4 is 4.74 Å². The van der Waals surface area contributed by atoms with E-state index in [-0.39, 0.29) is 11.7 Å². The molecule has 0 aliphatic rings. The highest BCUT2D eigenvalue weighted by molar-refractivity contribution is 6.31. The lowest BCUT2D eigenvalue weighted by Gasteiger charge is -2.10. The van der Waals surface area contributed by atoms with Crippen molar-refractivity contribution in [2.24, 2.45) is 0 Å². The van der Waals surface area contributed by atoms with Crippen LogP contribution in [-0.2, 0) is 0 Å². The molecule has 1 aromatic carbocycles. The van der Waals surface area contributed by atoms with E-state index in [1.165, 1.54) is 13.2 Å². The minimum absolute atomic E-state index is 0.0819. The Morgan fingerprint density at radius 2 is 2.00 bits per heavy atom. The fraction of sp³-hybridized carbons (Fsp3) is 0.400. The molecule has 0 aliphatic carbocycles. The minimum Gasteiger partial charge on any atom is -0.497 e. The molecule has 0 N–H and O–H groups in total. The summed E-state index contributed by atoms with van der Waals surface area (Å²) >= 11 is 5.89. The smallest absolute Gasteiger partial charge is 0.131 e. The molecule has 0 saturated heterocycles. The molecule has 1 aromatic rings. The summed E-state index contributed by atoms with van der Waals surface area (Å²) < 4.78 is 18.3. The molecular weight excluding hydrogens is 191 g/mol. The lowest BCUT2D eigenvalue weighted by atomic mass is 10.0. The number of benzene rings is 1. The van der Waals surface area contributed by atoms with E-state index < -0.39 is 0 Å². The number of rotatable bonds is 2. The maximum atomic E-state index is 13.4. The molecule has 0 unspecified atom stereocenters. The monoisotopic (exact) mass is 202 g/mol. The van der Waals surface area contributed by atoms with Crippen LogP contribution in [0.15, 0.2) is 12.1 Å². The van der Waals surface area contributed by atoms with Gasteiger partial charge in [0, 0.05) is 11.6 Å². The Bertz CT molecular complexity index is 287. The molecule has 0 radical (unpaired) electrons. The van der Waals surface area contributed by atoms with E-state index in [1.54, 1.807) is 6.07 Å². The summed E-state index contributed by atoms with van der Waals surface area (Å²) in [6, 6.07) is 2.97. The van der Waals surface area contributed by atoms with Crippen molar-refractivity contribution >= 4 is 11.6 Å². The second kappa shape index (κ2) is 3.97. The van der Waals surface area contributed by atoms with Gasteiger partial charge in [-0.3, -0.25) is 0 Å². The zero-order valence-electron chi connectivity index (χ0n) is 7.90. The molecule has 1 rings (SSSR count). The third-order valence-corrected chi connectivity index (χ3v) is 2.18. The van der Waals surface area contributed by atoms with Crippen molar-refractivity contribution in [3.63, 3.8) is 0 Å². The average molecular weight is 203 g/mol. The van der Waals surface area contributed by atoms with Crippen molar-refractivity contribution in [3.05, 3.63) is 28.5 Å². The predicted octanol–water partition coefficient (Wildman–Crippen LogP) is 3.61. The fourth-order valence-electron chi connectivity index (χ4n) is 1.23. The van der Waals surface area contributed by atoms with Crippen molar-refractivity contribution in [1.82, 2.24) is 0 Å². The van der Waals surface area contributed by atoms with Gasteiger partial charge in [-0.05, 0) is 12.0 Å². The van der Waals surface area contributed by atoms with Crippen LogP contribution in [0.2, 0.25) is 5.02 Å². The molecular formula is C10H12ClFO. The molecule has 0 aliphatic heterocycles. The lowest BCUT2D eigenvalue weighted by molar-refractivity contribution is 0.410. The molecule has 0 saturated carbocycles. The molecule has 0 bridgehead atoms. The summed E-state index contributed by atoms with van der Waals surface area (Å²) in [4.78, 5) is 0. The van der Waals surface area contributed by atoms with Crippen molar-refractivity contribution in [3.8, 4) is 5.75 Å². The standard InChI is InChI=1S/C10H12ClFO/c1-6(2)10-8(11)4-7(13-3)5-9(10)12/h4-6H,1-3H3. The van der Waals surface area contributed by atoms with Crippen LogP contribution in [0.3, 0.4) is 0 Å². The number of ether oxygens (including phenoxy) is 1. The number of hydrogen-bond acceptors (Lipinski definition) is 1. The van der Waals surface area contributed by atoms with Gasteiger partial charge in [-0.2, -0.15) is 0 Å². The van der Waals surface area contributed by atoms with E-state index in [0.29, 0.717) is 16.3 Å². The van der Waals surface area contributed by atoms with E-state index in [2.05, 4.69) is 0 Å². The van der Waals surface area contributed by atoms with Crippen LogP contribution in [0.5, 0.6) is 5.75 Å². The Labute approximate surface area is 82.5 Å². The summed E-state index contributed by atoms with van der Waals surface area (Å²) in [5.74, 6) is 0.227. The van der Waals surface area contributed by atoms with Gasteiger partial charge in [-0.25, -0.2) is 4.39 Å². The molecule has 3 heteroatoms. The van der Waals surface area contributed by atoms with Crippen LogP contribution in [-0.4, -0.2) is 7.11 Å². The SMILES string of the molecule is COc1cc(F)c(C(C)C)c(Cl)c1. The molecule has 0 heterocycles. The average Bonchev–Trinajstić information content (AvgIpc) is 2.02. The van der Waals surface area contributed by atoms with E-state index in [4.69, 9.17) is 16.3 Å². The number of hydrogen-bond donors (Lipinski definition) is 0. The number of methoxy groups -OCH3 is 1. The highest BCUT2D eigenvalue weighted by Crippen LogP contribution is 2.30. The summed E-state index contributed by atoms with van der Waals surface area (Å²) in [6.07, 6.45) is 0. The summed E-state index contributed by atoms with van der Waals surface area (Å²) in [7, 11) is 1.49. The highest BCUT2D eigenvalue weighted by atomic mass is 35.5. The van der Waals surface area contributed by atoms with Gasteiger partial charge in [-0.15, -0.1) is 0 Å². The van der Waals surface area contributed by atoms with Gasteiger partial charge < -0.3 is 4.74 Å². The first-order chi connectivity index (χ1) is 6.06. The van der Waals surface area contributed by atoms with Crippen LogP contribution >= 0.6 is 11.6 Å². The topological polar surface area (TPSA) is 9.23 Å². The molecule has 13 heavy (non-hydrogen) atoms. The van der Waals surface area contributed by atoms with Crippen LogP contribution in [0.4, 0.5) is 4.39 Å². The Balaban J connectivity index is 3.23. The first-order valence-electron chi connectivity index (χ1n) is 4.09. The molecule has 0 atom stereocenters. The van der Waals surface area contributed by atoms with E-state index >= 15 is 0 Å². The Hall–Kier alpha value is -0.760. The Kier molecular flexibility index (Phi) is 3.15. The Morgan fingerprint density at radius 3 is 2.38 bits per heavy atom. The summed E-state index contributed by atoms with van der Waals surface area (Å²) in [5.41, 5.74) is 0.544. The molecule has 0 aromatic heterocycles. The molecule has 72 valence electrons. The van der Waals surface area contributed by atoms with Gasteiger partial charge in [-0.1, -0.05) is 25.4 Å². The fourth-order valence-corrected chi connectivity index (χ4v) is 1.65. The van der Waals surface area contributed by atoms with Gasteiger partial charge in [0.1, 0.15) is 11.6 Å². The molecule has 0 amide bonds. The quantitative estimate of drug-likeness (QED) is 0.712. The molecule has 1 nitrogen and oxygen atoms in total. The van der Waals surface area contributed by atoms with Gasteiger partial charge >= 0.3 is 0 Å². The first-order valence-corrected chi connectivity index (χ1v) is 4.47. The molecule has 0 spiro atoms. The largest absolute Gasteiger partial charge is 0.497 e. The predicted molar refractivity (Wildman–Crippen MR) is 52.1 cm³/mol.